The number of ether oxygens (including phenoxy) is 2. The second kappa shape index (κ2) is 8.34. The molecule has 2 amide bonds. The highest BCUT2D eigenvalue weighted by Crippen LogP contribution is 2.49. The fourth-order valence-corrected chi connectivity index (χ4v) is 4.41. The number of rotatable bonds is 3. The fraction of sp³-hybridized carbons (Fsp3) is 0.579. The van der Waals surface area contributed by atoms with Crippen LogP contribution in [0.4, 0.5) is 0 Å². The largest absolute Gasteiger partial charge is 0.483 e. The van der Waals surface area contributed by atoms with Crippen molar-refractivity contribution < 1.29 is 33.8 Å². The van der Waals surface area contributed by atoms with Crippen molar-refractivity contribution in [2.75, 3.05) is 20.3 Å². The van der Waals surface area contributed by atoms with Gasteiger partial charge in [-0.3, -0.25) is 14.4 Å². The lowest BCUT2D eigenvalue weighted by molar-refractivity contribution is -0.139. The summed E-state index contributed by atoms with van der Waals surface area (Å²) in [7, 11) is 1.25. The lowest BCUT2D eigenvalue weighted by atomic mass is 10.0. The van der Waals surface area contributed by atoms with Gasteiger partial charge in [0.25, 0.3) is 12.4 Å². The molecule has 3 aliphatic heterocycles. The number of carboxylic acid groups (broad SMARTS) is 1. The van der Waals surface area contributed by atoms with E-state index in [1.165, 1.54) is 19.5 Å². The Balaban J connectivity index is 0.000000806. The molecule has 4 rings (SSSR count). The first-order chi connectivity index (χ1) is 14.3. The summed E-state index contributed by atoms with van der Waals surface area (Å²) in [5, 5.41) is 6.89. The van der Waals surface area contributed by atoms with Crippen LogP contribution in [0.2, 0.25) is 0 Å². The van der Waals surface area contributed by atoms with Gasteiger partial charge >= 0.3 is 5.97 Å². The van der Waals surface area contributed by atoms with Crippen LogP contribution in [0.5, 0.6) is 0 Å². The number of esters is 1. The molecule has 1 spiro atoms. The Kier molecular flexibility index (Phi) is 6.01. The third-order valence-corrected chi connectivity index (χ3v) is 5.78. The van der Waals surface area contributed by atoms with Gasteiger partial charge in [-0.15, -0.1) is 0 Å². The summed E-state index contributed by atoms with van der Waals surface area (Å²) >= 11 is 0. The number of methoxy groups -OCH3 is 1. The van der Waals surface area contributed by atoms with Crippen molar-refractivity contribution in [2.24, 2.45) is 5.92 Å². The van der Waals surface area contributed by atoms with Crippen molar-refractivity contribution in [3.8, 4) is 0 Å². The van der Waals surface area contributed by atoms with Crippen molar-refractivity contribution in [1.82, 2.24) is 19.8 Å². The van der Waals surface area contributed by atoms with Gasteiger partial charge in [-0.2, -0.15) is 0 Å². The van der Waals surface area contributed by atoms with Gasteiger partial charge in [-0.1, -0.05) is 13.8 Å². The van der Waals surface area contributed by atoms with Crippen LogP contribution in [0.25, 0.3) is 0 Å². The minimum absolute atomic E-state index is 0.0285. The Bertz CT molecular complexity index is 844. The van der Waals surface area contributed by atoms with Crippen molar-refractivity contribution in [1.29, 1.82) is 0 Å². The average Bonchev–Trinajstić information content (AvgIpc) is 3.36. The average molecular weight is 420 g/mol. The quantitative estimate of drug-likeness (QED) is 0.535. The first kappa shape index (κ1) is 21.6. The van der Waals surface area contributed by atoms with E-state index in [2.05, 4.69) is 28.6 Å². The molecule has 1 aromatic rings. The van der Waals surface area contributed by atoms with E-state index in [1.807, 2.05) is 4.90 Å². The summed E-state index contributed by atoms with van der Waals surface area (Å²) in [6.07, 6.45) is 3.33. The molecule has 3 atom stereocenters. The Morgan fingerprint density at radius 3 is 2.53 bits per heavy atom. The summed E-state index contributed by atoms with van der Waals surface area (Å²) in [4.78, 5) is 57.0. The van der Waals surface area contributed by atoms with Crippen LogP contribution in [0.1, 0.15) is 47.7 Å². The smallest absolute Gasteiger partial charge is 0.358 e. The molecule has 162 valence electrons. The Morgan fingerprint density at radius 2 is 1.97 bits per heavy atom. The van der Waals surface area contributed by atoms with Gasteiger partial charge in [0.1, 0.15) is 5.69 Å². The van der Waals surface area contributed by atoms with Gasteiger partial charge in [0.15, 0.2) is 11.4 Å². The molecule has 3 saturated heterocycles. The third kappa shape index (κ3) is 3.38. The van der Waals surface area contributed by atoms with Gasteiger partial charge in [0, 0.05) is 13.0 Å². The minimum atomic E-state index is -0.721. The lowest BCUT2D eigenvalue weighted by Crippen LogP contribution is -2.51. The molecule has 30 heavy (non-hydrogen) atoms. The number of hydrogen-bond donors (Lipinski definition) is 1. The summed E-state index contributed by atoms with van der Waals surface area (Å²) in [6.45, 7) is 4.88. The summed E-state index contributed by atoms with van der Waals surface area (Å²) < 4.78 is 10.7. The normalized spacial score (nSPS) is 26.7. The number of amides is 2. The van der Waals surface area contributed by atoms with Crippen LogP contribution in [-0.2, 0) is 19.1 Å². The number of carbonyl (C=O) groups excluding carboxylic acids is 3. The predicted molar refractivity (Wildman–Crippen MR) is 100 cm³/mol. The van der Waals surface area contributed by atoms with Gasteiger partial charge in [0.2, 0.25) is 5.91 Å². The van der Waals surface area contributed by atoms with E-state index in [-0.39, 0.29) is 54.1 Å². The van der Waals surface area contributed by atoms with E-state index < -0.39 is 11.7 Å². The highest BCUT2D eigenvalue weighted by atomic mass is 16.5. The number of carbonyl (C=O) groups is 4. The van der Waals surface area contributed by atoms with Crippen molar-refractivity contribution in [3.05, 3.63) is 23.8 Å². The SMILES string of the molecule is COC(=O)c1cnc(C(=O)N2CC[C@@]34OC[C@@H](C(C)C)N3C(=O)C[C@@H]24)cn1.O=CO. The highest BCUT2D eigenvalue weighted by Gasteiger charge is 2.65. The lowest BCUT2D eigenvalue weighted by Gasteiger charge is -2.34. The standard InChI is InChI=1S/C18H22N4O5.CH2O2/c1-10(2)13-9-27-18-4-5-21(14(18)6-15(23)22(13)18)16(24)11-7-20-12(8-19-11)17(25)26-3;2-1-3/h7-8,10,13-14H,4-6,9H2,1-3H3;1H,(H,2,3)/t13-,14+,18-;/m0./s1. The summed E-state index contributed by atoms with van der Waals surface area (Å²) in [5.41, 5.74) is -0.557. The van der Waals surface area contributed by atoms with Crippen molar-refractivity contribution >= 4 is 24.3 Å². The van der Waals surface area contributed by atoms with Crippen molar-refractivity contribution in [2.45, 2.75) is 44.5 Å². The zero-order valence-electron chi connectivity index (χ0n) is 17.0. The van der Waals surface area contributed by atoms with Crippen LogP contribution in [0.15, 0.2) is 12.4 Å². The number of hydrogen-bond acceptors (Lipinski definition) is 8. The molecule has 3 fully saturated rings. The molecule has 0 aliphatic carbocycles. The van der Waals surface area contributed by atoms with Crippen LogP contribution in [0, 0.1) is 5.92 Å². The van der Waals surface area contributed by atoms with Crippen LogP contribution >= 0.6 is 0 Å². The maximum atomic E-state index is 13.0. The number of likely N-dealkylation sites (tertiary alicyclic amines) is 1. The molecule has 0 unspecified atom stereocenters. The molecule has 0 aromatic carbocycles. The third-order valence-electron chi connectivity index (χ3n) is 5.78. The first-order valence-electron chi connectivity index (χ1n) is 9.56. The second-order valence-electron chi connectivity index (χ2n) is 7.58. The van der Waals surface area contributed by atoms with E-state index in [1.54, 1.807) is 4.90 Å². The molecule has 0 saturated carbocycles. The Labute approximate surface area is 173 Å². The zero-order valence-corrected chi connectivity index (χ0v) is 17.0. The van der Waals surface area contributed by atoms with Gasteiger partial charge < -0.3 is 24.4 Å². The molecule has 11 heteroatoms. The van der Waals surface area contributed by atoms with Gasteiger partial charge in [-0.25, -0.2) is 14.8 Å². The van der Waals surface area contributed by atoms with E-state index in [0.717, 1.165) is 0 Å². The maximum Gasteiger partial charge on any atom is 0.358 e. The van der Waals surface area contributed by atoms with E-state index >= 15 is 0 Å². The predicted octanol–water partition coefficient (Wildman–Crippen LogP) is 0.162. The molecule has 4 heterocycles. The molecule has 11 nitrogen and oxygen atoms in total. The van der Waals surface area contributed by atoms with Crippen molar-refractivity contribution in [3.63, 3.8) is 0 Å². The summed E-state index contributed by atoms with van der Waals surface area (Å²) in [6, 6.07) is -0.292. The van der Waals surface area contributed by atoms with Crippen LogP contribution in [-0.4, -0.2) is 87.2 Å². The van der Waals surface area contributed by atoms with E-state index in [4.69, 9.17) is 14.6 Å². The van der Waals surface area contributed by atoms with E-state index in [9.17, 15) is 14.4 Å². The fourth-order valence-electron chi connectivity index (χ4n) is 4.41. The first-order valence-corrected chi connectivity index (χ1v) is 9.56. The highest BCUT2D eigenvalue weighted by molar-refractivity contribution is 5.94. The number of aromatic nitrogens is 2. The molecule has 1 aromatic heterocycles. The molecule has 0 bridgehead atoms. The monoisotopic (exact) mass is 420 g/mol. The zero-order chi connectivity index (χ0) is 22.1. The molecule has 1 N–H and O–H groups in total. The summed E-state index contributed by atoms with van der Waals surface area (Å²) in [5.74, 6) is -0.612. The maximum absolute atomic E-state index is 13.0. The molecule has 0 radical (unpaired) electrons. The topological polar surface area (TPSA) is 139 Å². The van der Waals surface area contributed by atoms with Gasteiger partial charge in [-0.05, 0) is 5.92 Å². The molecular weight excluding hydrogens is 396 g/mol. The van der Waals surface area contributed by atoms with Crippen LogP contribution in [0.3, 0.4) is 0 Å². The second-order valence-corrected chi connectivity index (χ2v) is 7.58. The Hall–Kier alpha value is -3.08. The van der Waals surface area contributed by atoms with E-state index in [0.29, 0.717) is 19.6 Å². The minimum Gasteiger partial charge on any atom is -0.483 e. The molecule has 3 aliphatic rings. The Morgan fingerprint density at radius 1 is 1.33 bits per heavy atom. The van der Waals surface area contributed by atoms with Crippen LogP contribution < -0.4 is 0 Å². The number of nitrogens with zero attached hydrogens (tertiary/aromatic N) is 4. The molecular formula is C19H24N4O7. The van der Waals surface area contributed by atoms with Gasteiger partial charge in [0.05, 0.1) is 44.6 Å².